The third-order valence-electron chi connectivity index (χ3n) is 12.4. The standard InChI is InChI=1S/C30H46O8/c1-17-26(33)23(31)13-25(38-17)37-15-18-4-8-27(2)21-5-9-28(3)20(19-12-24(32)36-16-19)7-11-30(28,35)22(21)6-10-29(27,34)14-18/h12,17-18,20-23,25-26,31,33-35H,4-11,13-16H2,1-3H3/t17-,18+,20-,21+,22-,23+,25-,26-,27-,28-,29+,30+/m1/s1. The van der Waals surface area contributed by atoms with Crippen molar-refractivity contribution >= 4 is 5.97 Å². The van der Waals surface area contributed by atoms with E-state index in [1.165, 1.54) is 0 Å². The minimum Gasteiger partial charge on any atom is -0.458 e. The number of hydrogen-bond donors (Lipinski definition) is 4. The molecule has 6 rings (SSSR count). The summed E-state index contributed by atoms with van der Waals surface area (Å²) in [7, 11) is 0. The SMILES string of the molecule is C[C@H]1O[C@@H](OC[C@H]2CC[C@]3(C)[C@H]4CC[C@]5(C)[C@@H](C6=CC(=O)OC6)CC[C@]5(O)[C@@H]4CC[C@]3(O)C2)C[C@H](O)[C@@H]1O. The van der Waals surface area contributed by atoms with Crippen molar-refractivity contribution in [2.45, 2.75) is 121 Å². The molecule has 5 fully saturated rings. The fraction of sp³-hybridized carbons (Fsp3) is 0.900. The van der Waals surface area contributed by atoms with Gasteiger partial charge in [-0.3, -0.25) is 0 Å². The van der Waals surface area contributed by atoms with E-state index in [0.29, 0.717) is 26.1 Å². The topological polar surface area (TPSA) is 126 Å². The zero-order valence-corrected chi connectivity index (χ0v) is 23.1. The highest BCUT2D eigenvalue weighted by atomic mass is 16.7. The van der Waals surface area contributed by atoms with Crippen LogP contribution < -0.4 is 0 Å². The third-order valence-corrected chi connectivity index (χ3v) is 12.4. The minimum atomic E-state index is -0.894. The number of esters is 1. The van der Waals surface area contributed by atoms with Crippen molar-refractivity contribution in [2.24, 2.45) is 34.5 Å². The zero-order valence-electron chi connectivity index (χ0n) is 23.1. The molecule has 4 saturated carbocycles. The Balaban J connectivity index is 1.15. The predicted molar refractivity (Wildman–Crippen MR) is 138 cm³/mol. The van der Waals surface area contributed by atoms with Gasteiger partial charge in [-0.1, -0.05) is 13.8 Å². The van der Waals surface area contributed by atoms with Gasteiger partial charge in [0, 0.05) is 17.9 Å². The smallest absolute Gasteiger partial charge is 0.331 e. The Morgan fingerprint density at radius 1 is 1.00 bits per heavy atom. The summed E-state index contributed by atoms with van der Waals surface area (Å²) in [5.41, 5.74) is -1.08. The molecule has 0 unspecified atom stereocenters. The summed E-state index contributed by atoms with van der Waals surface area (Å²) in [6, 6.07) is 0. The van der Waals surface area contributed by atoms with E-state index < -0.39 is 35.8 Å². The average molecular weight is 535 g/mol. The lowest BCUT2D eigenvalue weighted by molar-refractivity contribution is -0.266. The molecule has 12 atom stereocenters. The van der Waals surface area contributed by atoms with Crippen molar-refractivity contribution in [3.63, 3.8) is 0 Å². The van der Waals surface area contributed by atoms with Crippen LogP contribution in [0.4, 0.5) is 0 Å². The van der Waals surface area contributed by atoms with Crippen LogP contribution in [-0.2, 0) is 19.0 Å². The van der Waals surface area contributed by atoms with E-state index in [1.54, 1.807) is 13.0 Å². The molecule has 0 spiro atoms. The Morgan fingerprint density at radius 2 is 1.74 bits per heavy atom. The van der Waals surface area contributed by atoms with Crippen molar-refractivity contribution in [3.8, 4) is 0 Å². The Morgan fingerprint density at radius 3 is 2.45 bits per heavy atom. The second-order valence-corrected chi connectivity index (χ2v) is 14.0. The summed E-state index contributed by atoms with van der Waals surface area (Å²) >= 11 is 0. The van der Waals surface area contributed by atoms with E-state index in [-0.39, 0.29) is 46.9 Å². The Kier molecular flexibility index (Phi) is 6.61. The molecule has 4 aliphatic carbocycles. The number of aliphatic hydroxyl groups excluding tert-OH is 2. The van der Waals surface area contributed by atoms with Gasteiger partial charge < -0.3 is 34.6 Å². The van der Waals surface area contributed by atoms with Crippen molar-refractivity contribution in [1.82, 2.24) is 0 Å². The van der Waals surface area contributed by atoms with Crippen LogP contribution in [0.15, 0.2) is 11.6 Å². The fourth-order valence-corrected chi connectivity index (χ4v) is 10.0. The number of rotatable bonds is 4. The van der Waals surface area contributed by atoms with E-state index in [4.69, 9.17) is 14.2 Å². The van der Waals surface area contributed by atoms with E-state index in [1.807, 2.05) is 0 Å². The summed E-state index contributed by atoms with van der Waals surface area (Å²) in [4.78, 5) is 11.8. The summed E-state index contributed by atoms with van der Waals surface area (Å²) in [6.45, 7) is 7.05. The van der Waals surface area contributed by atoms with E-state index in [9.17, 15) is 25.2 Å². The van der Waals surface area contributed by atoms with Crippen LogP contribution in [0, 0.1) is 34.5 Å². The monoisotopic (exact) mass is 534 g/mol. The van der Waals surface area contributed by atoms with Crippen LogP contribution in [0.1, 0.15) is 85.0 Å². The number of hydrogen-bond acceptors (Lipinski definition) is 8. The molecule has 0 amide bonds. The van der Waals surface area contributed by atoms with E-state index in [2.05, 4.69) is 13.8 Å². The van der Waals surface area contributed by atoms with Gasteiger partial charge in [0.15, 0.2) is 6.29 Å². The van der Waals surface area contributed by atoms with Crippen LogP contribution >= 0.6 is 0 Å². The maximum absolute atomic E-state index is 12.4. The highest BCUT2D eigenvalue weighted by molar-refractivity contribution is 5.85. The number of carbonyl (C=O) groups excluding carboxylic acids is 1. The maximum Gasteiger partial charge on any atom is 0.331 e. The third kappa shape index (κ3) is 3.88. The second-order valence-electron chi connectivity index (χ2n) is 14.0. The lowest BCUT2D eigenvalue weighted by Crippen LogP contribution is -2.67. The van der Waals surface area contributed by atoms with Gasteiger partial charge in [-0.15, -0.1) is 0 Å². The number of fused-ring (bicyclic) bond motifs is 5. The zero-order chi connectivity index (χ0) is 27.1. The molecule has 38 heavy (non-hydrogen) atoms. The average Bonchev–Trinajstić information content (AvgIpc) is 3.41. The maximum atomic E-state index is 12.4. The molecular weight excluding hydrogens is 488 g/mol. The molecule has 0 radical (unpaired) electrons. The van der Waals surface area contributed by atoms with Crippen LogP contribution in [0.3, 0.4) is 0 Å². The molecule has 214 valence electrons. The number of aliphatic hydroxyl groups is 4. The van der Waals surface area contributed by atoms with Gasteiger partial charge in [-0.2, -0.15) is 0 Å². The highest BCUT2D eigenvalue weighted by Gasteiger charge is 2.70. The first-order valence-corrected chi connectivity index (χ1v) is 14.9. The molecule has 2 heterocycles. The van der Waals surface area contributed by atoms with E-state index in [0.717, 1.165) is 50.5 Å². The first kappa shape index (κ1) is 27.2. The number of ether oxygens (including phenoxy) is 3. The quantitative estimate of drug-likeness (QED) is 0.406. The molecule has 6 aliphatic rings. The summed E-state index contributed by atoms with van der Waals surface area (Å²) in [5, 5.41) is 44.6. The minimum absolute atomic E-state index is 0.146. The van der Waals surface area contributed by atoms with E-state index >= 15 is 0 Å². The molecule has 8 nitrogen and oxygen atoms in total. The van der Waals surface area contributed by atoms with Crippen molar-refractivity contribution < 1.29 is 39.4 Å². The van der Waals surface area contributed by atoms with Crippen molar-refractivity contribution in [1.29, 1.82) is 0 Å². The molecule has 0 aromatic carbocycles. The molecule has 0 aromatic heterocycles. The molecule has 1 saturated heterocycles. The second kappa shape index (κ2) is 9.25. The Bertz CT molecular complexity index is 971. The van der Waals surface area contributed by atoms with Gasteiger partial charge in [0.25, 0.3) is 0 Å². The summed E-state index contributed by atoms with van der Waals surface area (Å²) in [5.74, 6) is 0.516. The molecule has 2 aliphatic heterocycles. The molecule has 0 bridgehead atoms. The first-order chi connectivity index (χ1) is 17.9. The Hall–Kier alpha value is -1.03. The van der Waals surface area contributed by atoms with Gasteiger partial charge >= 0.3 is 5.97 Å². The normalized spacial score (nSPS) is 54.5. The van der Waals surface area contributed by atoms with Crippen molar-refractivity contribution in [3.05, 3.63) is 11.6 Å². The van der Waals surface area contributed by atoms with Gasteiger partial charge in [0.1, 0.15) is 12.7 Å². The summed E-state index contributed by atoms with van der Waals surface area (Å²) in [6.07, 6.45) is 6.63. The fourth-order valence-electron chi connectivity index (χ4n) is 10.0. The molecule has 8 heteroatoms. The Labute approximate surface area is 225 Å². The van der Waals surface area contributed by atoms with Gasteiger partial charge in [-0.05, 0) is 99.4 Å². The van der Waals surface area contributed by atoms with Gasteiger partial charge in [0.2, 0.25) is 0 Å². The molecule has 4 N–H and O–H groups in total. The highest BCUT2D eigenvalue weighted by Crippen LogP contribution is 2.70. The largest absolute Gasteiger partial charge is 0.458 e. The molecular formula is C30H46O8. The van der Waals surface area contributed by atoms with Crippen LogP contribution in [0.2, 0.25) is 0 Å². The van der Waals surface area contributed by atoms with Crippen molar-refractivity contribution in [2.75, 3.05) is 13.2 Å². The lowest BCUT2D eigenvalue weighted by atomic mass is 9.41. The van der Waals surface area contributed by atoms with Crippen LogP contribution in [0.25, 0.3) is 0 Å². The number of carbonyl (C=O) groups is 1. The predicted octanol–water partition coefficient (Wildman–Crippen LogP) is 2.85. The lowest BCUT2D eigenvalue weighted by Gasteiger charge is -2.66. The number of cyclic esters (lactones) is 1. The van der Waals surface area contributed by atoms with Gasteiger partial charge in [-0.25, -0.2) is 4.79 Å². The van der Waals surface area contributed by atoms with Crippen LogP contribution in [-0.4, -0.2) is 75.4 Å². The van der Waals surface area contributed by atoms with Gasteiger partial charge in [0.05, 0.1) is 30.0 Å². The first-order valence-electron chi connectivity index (χ1n) is 14.9. The summed E-state index contributed by atoms with van der Waals surface area (Å²) < 4.78 is 17.0. The molecule has 0 aromatic rings. The van der Waals surface area contributed by atoms with Crippen LogP contribution in [0.5, 0.6) is 0 Å².